The van der Waals surface area contributed by atoms with Crippen LogP contribution in [0.1, 0.15) is 24.0 Å². The summed E-state index contributed by atoms with van der Waals surface area (Å²) in [7, 11) is -3.32. The summed E-state index contributed by atoms with van der Waals surface area (Å²) >= 11 is 1.46. The minimum absolute atomic E-state index is 0.323. The van der Waals surface area contributed by atoms with E-state index in [0.29, 0.717) is 28.8 Å². The van der Waals surface area contributed by atoms with Gasteiger partial charge in [0, 0.05) is 29.2 Å². The topological polar surface area (TPSA) is 123 Å². The maximum absolute atomic E-state index is 12.8. The summed E-state index contributed by atoms with van der Waals surface area (Å²) in [5.74, 6) is 0.431. The van der Waals surface area contributed by atoms with Gasteiger partial charge in [0.05, 0.1) is 20.4 Å². The highest BCUT2D eigenvalue weighted by molar-refractivity contribution is 7.92. The molecule has 34 heavy (non-hydrogen) atoms. The zero-order valence-corrected chi connectivity index (χ0v) is 19.9. The van der Waals surface area contributed by atoms with Crippen LogP contribution in [-0.4, -0.2) is 41.7 Å². The summed E-state index contributed by atoms with van der Waals surface area (Å²) in [4.78, 5) is 13.5. The van der Waals surface area contributed by atoms with Gasteiger partial charge in [-0.25, -0.2) is 23.4 Å². The van der Waals surface area contributed by atoms with E-state index in [0.717, 1.165) is 40.1 Å². The fourth-order valence-electron chi connectivity index (χ4n) is 3.95. The lowest BCUT2D eigenvalue weighted by molar-refractivity contribution is 0.496. The van der Waals surface area contributed by atoms with E-state index < -0.39 is 9.84 Å². The molecule has 0 aliphatic carbocycles. The number of nitrogens with one attached hydrogen (secondary N) is 2. The number of nitrogens with zero attached hydrogens (tertiary/aromatic N) is 3. The number of nitrogen functional groups attached to an aromatic ring is 1. The molecule has 8 nitrogen and oxygen atoms in total. The maximum Gasteiger partial charge on any atom is 0.227 e. The summed E-state index contributed by atoms with van der Waals surface area (Å²) < 4.78 is 26.7. The van der Waals surface area contributed by atoms with E-state index >= 15 is 0 Å². The minimum Gasteiger partial charge on any atom is -0.375 e. The van der Waals surface area contributed by atoms with Crippen LogP contribution in [0, 0.1) is 0 Å². The number of thiazole rings is 1. The van der Waals surface area contributed by atoms with E-state index in [2.05, 4.69) is 25.6 Å². The second-order valence-corrected chi connectivity index (χ2v) is 11.4. The van der Waals surface area contributed by atoms with Crippen LogP contribution >= 0.6 is 11.3 Å². The predicted molar refractivity (Wildman–Crippen MR) is 138 cm³/mol. The Kier molecular flexibility index (Phi) is 6.27. The number of para-hydroxylation sites is 1. The summed E-state index contributed by atoms with van der Waals surface area (Å²) in [5, 5.41) is 6.54. The molecule has 1 saturated heterocycles. The molecular formula is C24H24N6O2S2. The number of nitrogens with two attached hydrogens (primary N) is 1. The molecule has 0 bridgehead atoms. The Hall–Kier alpha value is -3.34. The van der Waals surface area contributed by atoms with Crippen LogP contribution < -0.4 is 16.4 Å². The highest BCUT2D eigenvalue weighted by Crippen LogP contribution is 2.27. The Labute approximate surface area is 201 Å². The average Bonchev–Trinajstić information content (AvgIpc) is 3.25. The highest BCUT2D eigenvalue weighted by atomic mass is 32.2. The third kappa shape index (κ3) is 4.79. The second-order valence-electron chi connectivity index (χ2n) is 8.06. The standard InChI is InChI=1S/C24H24N6O2S2/c25-23-30-22-17(2-1-3-21(22)33-23)5-4-16-14-27-24(28-15-16)29-18-6-8-19(9-7-18)34(31,32)20-10-12-26-13-11-20/h1-9,14-15,20,26H,10-13H2,(H2,25,30)(H,27,28,29). The maximum atomic E-state index is 12.8. The fourth-order valence-corrected chi connectivity index (χ4v) is 6.48. The van der Waals surface area contributed by atoms with Crippen LogP contribution in [0.3, 0.4) is 0 Å². The first kappa shape index (κ1) is 22.5. The lowest BCUT2D eigenvalue weighted by Crippen LogP contribution is -2.35. The van der Waals surface area contributed by atoms with Crippen molar-refractivity contribution in [3.05, 3.63) is 66.0 Å². The van der Waals surface area contributed by atoms with Crippen molar-refractivity contribution in [2.45, 2.75) is 23.0 Å². The average molecular weight is 493 g/mol. The van der Waals surface area contributed by atoms with Crippen molar-refractivity contribution in [1.82, 2.24) is 20.3 Å². The first-order valence-electron chi connectivity index (χ1n) is 11.0. The first-order valence-corrected chi connectivity index (χ1v) is 13.3. The summed E-state index contributed by atoms with van der Waals surface area (Å²) in [5.41, 5.74) is 9.26. The molecule has 0 unspecified atom stereocenters. The number of piperidine rings is 1. The number of hydrogen-bond donors (Lipinski definition) is 3. The molecule has 2 aromatic carbocycles. The quantitative estimate of drug-likeness (QED) is 0.367. The third-order valence-corrected chi connectivity index (χ3v) is 8.89. The number of sulfone groups is 1. The van der Waals surface area contributed by atoms with E-state index in [1.54, 1.807) is 36.7 Å². The van der Waals surface area contributed by atoms with Gasteiger partial charge < -0.3 is 16.4 Å². The molecule has 0 radical (unpaired) electrons. The van der Waals surface area contributed by atoms with Crippen molar-refractivity contribution in [2.24, 2.45) is 0 Å². The van der Waals surface area contributed by atoms with Crippen molar-refractivity contribution < 1.29 is 8.42 Å². The fraction of sp³-hybridized carbons (Fsp3) is 0.208. The smallest absolute Gasteiger partial charge is 0.227 e. The van der Waals surface area contributed by atoms with Crippen LogP contribution in [-0.2, 0) is 9.84 Å². The Morgan fingerprint density at radius 2 is 1.76 bits per heavy atom. The first-order chi connectivity index (χ1) is 16.5. The zero-order chi connectivity index (χ0) is 23.5. The molecule has 0 amide bonds. The van der Waals surface area contributed by atoms with E-state index in [4.69, 9.17) is 5.73 Å². The molecule has 174 valence electrons. The van der Waals surface area contributed by atoms with E-state index in [-0.39, 0.29) is 5.25 Å². The van der Waals surface area contributed by atoms with Crippen LogP contribution in [0.2, 0.25) is 0 Å². The van der Waals surface area contributed by atoms with Gasteiger partial charge >= 0.3 is 0 Å². The van der Waals surface area contributed by atoms with Crippen LogP contribution in [0.5, 0.6) is 0 Å². The monoisotopic (exact) mass is 492 g/mol. The molecule has 3 heterocycles. The molecule has 0 spiro atoms. The normalized spacial score (nSPS) is 15.2. The lowest BCUT2D eigenvalue weighted by atomic mass is 10.1. The molecule has 4 N–H and O–H groups in total. The number of hydrogen-bond acceptors (Lipinski definition) is 9. The molecule has 10 heteroatoms. The van der Waals surface area contributed by atoms with Crippen molar-refractivity contribution in [3.8, 4) is 0 Å². The van der Waals surface area contributed by atoms with E-state index in [1.165, 1.54) is 11.3 Å². The van der Waals surface area contributed by atoms with Gasteiger partial charge in [-0.3, -0.25) is 0 Å². The molecule has 5 rings (SSSR count). The zero-order valence-electron chi connectivity index (χ0n) is 18.3. The predicted octanol–water partition coefficient (Wildman–Crippen LogP) is 4.11. The van der Waals surface area contributed by atoms with Crippen molar-refractivity contribution in [1.29, 1.82) is 0 Å². The number of aromatic nitrogens is 3. The molecule has 0 atom stereocenters. The Morgan fingerprint density at radius 3 is 2.50 bits per heavy atom. The second kappa shape index (κ2) is 9.49. The molecule has 2 aromatic heterocycles. The van der Waals surface area contributed by atoms with Gasteiger partial charge in [0.2, 0.25) is 5.95 Å². The van der Waals surface area contributed by atoms with Crippen molar-refractivity contribution >= 4 is 60.3 Å². The van der Waals surface area contributed by atoms with Gasteiger partial charge in [0.1, 0.15) is 0 Å². The SMILES string of the molecule is Nc1nc2c(C=Cc3cnc(Nc4ccc(S(=O)(=O)C5CCNCC5)cc4)nc3)cccc2s1. The summed E-state index contributed by atoms with van der Waals surface area (Å²) in [6.07, 6.45) is 8.62. The van der Waals surface area contributed by atoms with Crippen molar-refractivity contribution in [3.63, 3.8) is 0 Å². The highest BCUT2D eigenvalue weighted by Gasteiger charge is 2.28. The van der Waals surface area contributed by atoms with Crippen molar-refractivity contribution in [2.75, 3.05) is 24.1 Å². The lowest BCUT2D eigenvalue weighted by Gasteiger charge is -2.22. The number of anilines is 3. The van der Waals surface area contributed by atoms with Crippen LogP contribution in [0.25, 0.3) is 22.4 Å². The van der Waals surface area contributed by atoms with Gasteiger partial charge in [-0.15, -0.1) is 0 Å². The van der Waals surface area contributed by atoms with E-state index in [1.807, 2.05) is 30.4 Å². The molecule has 1 aliphatic heterocycles. The molecule has 0 saturated carbocycles. The number of rotatable bonds is 6. The van der Waals surface area contributed by atoms with Gasteiger partial charge in [-0.05, 0) is 56.3 Å². The van der Waals surface area contributed by atoms with Gasteiger partial charge in [-0.1, -0.05) is 35.6 Å². The van der Waals surface area contributed by atoms with Gasteiger partial charge in [-0.2, -0.15) is 0 Å². The third-order valence-electron chi connectivity index (χ3n) is 5.76. The Balaban J connectivity index is 1.25. The number of fused-ring (bicyclic) bond motifs is 1. The summed E-state index contributed by atoms with van der Waals surface area (Å²) in [6, 6.07) is 12.7. The van der Waals surface area contributed by atoms with Crippen LogP contribution in [0.4, 0.5) is 16.8 Å². The molecule has 1 aliphatic rings. The summed E-state index contributed by atoms with van der Waals surface area (Å²) in [6.45, 7) is 1.47. The van der Waals surface area contributed by atoms with E-state index in [9.17, 15) is 8.42 Å². The van der Waals surface area contributed by atoms with Gasteiger partial charge in [0.25, 0.3) is 0 Å². The molecular weight excluding hydrogens is 468 g/mol. The Bertz CT molecular complexity index is 1420. The minimum atomic E-state index is -3.32. The van der Waals surface area contributed by atoms with Crippen LogP contribution in [0.15, 0.2) is 59.8 Å². The Morgan fingerprint density at radius 1 is 1.03 bits per heavy atom. The number of benzene rings is 2. The van der Waals surface area contributed by atoms with Gasteiger partial charge in [0.15, 0.2) is 15.0 Å². The molecule has 4 aromatic rings. The largest absolute Gasteiger partial charge is 0.375 e. The molecule has 1 fully saturated rings.